The summed E-state index contributed by atoms with van der Waals surface area (Å²) in [6.07, 6.45) is 7.10. The van der Waals surface area contributed by atoms with Gasteiger partial charge in [0.25, 0.3) is 0 Å². The van der Waals surface area contributed by atoms with Crippen LogP contribution in [0.15, 0.2) is 11.6 Å². The molecule has 4 aliphatic carbocycles. The van der Waals surface area contributed by atoms with E-state index in [0.29, 0.717) is 17.4 Å². The summed E-state index contributed by atoms with van der Waals surface area (Å²) in [5.41, 5.74) is 0.647. The number of hydrogen-bond acceptors (Lipinski definition) is 2. The van der Waals surface area contributed by atoms with E-state index in [1.165, 1.54) is 38.2 Å². The topological polar surface area (TPSA) is 74.6 Å². The van der Waals surface area contributed by atoms with Gasteiger partial charge in [-0.1, -0.05) is 0 Å². The van der Waals surface area contributed by atoms with E-state index in [4.69, 9.17) is 10.2 Å². The molecule has 0 aromatic rings. The zero-order valence-corrected chi connectivity index (χ0v) is 10.9. The third-order valence-electron chi connectivity index (χ3n) is 5.32. The molecule has 0 atom stereocenters. The van der Waals surface area contributed by atoms with Crippen LogP contribution >= 0.6 is 0 Å². The van der Waals surface area contributed by atoms with E-state index in [1.807, 2.05) is 0 Å². The fraction of sp³-hybridized carbons (Fsp3) is 0.733. The fourth-order valence-corrected chi connectivity index (χ4v) is 5.13. The Labute approximate surface area is 112 Å². The molecule has 0 radical (unpaired) electrons. The second kappa shape index (κ2) is 4.66. The maximum Gasteiger partial charge on any atom is 0.328 e. The number of carboxylic acids is 2. The molecule has 0 heterocycles. The molecule has 4 rings (SSSR count). The molecule has 0 aliphatic heterocycles. The maximum atomic E-state index is 11.0. The highest BCUT2D eigenvalue weighted by molar-refractivity contribution is 5.82. The third-order valence-corrected chi connectivity index (χ3v) is 5.32. The summed E-state index contributed by atoms with van der Waals surface area (Å²) in [4.78, 5) is 22.0. The Balaban J connectivity index is 1.86. The number of rotatable bonds is 4. The predicted octanol–water partition coefficient (Wildman–Crippen LogP) is 2.54. The van der Waals surface area contributed by atoms with Crippen molar-refractivity contribution in [2.24, 2.45) is 29.6 Å². The van der Waals surface area contributed by atoms with E-state index >= 15 is 0 Å². The number of carboxylic acid groups (broad SMARTS) is 2. The molecule has 4 heteroatoms. The summed E-state index contributed by atoms with van der Waals surface area (Å²) < 4.78 is 0. The highest BCUT2D eigenvalue weighted by Crippen LogP contribution is 2.58. The van der Waals surface area contributed by atoms with Crippen LogP contribution in [0.3, 0.4) is 0 Å². The first-order valence-electron chi connectivity index (χ1n) is 7.18. The minimum atomic E-state index is -1.01. The summed E-state index contributed by atoms with van der Waals surface area (Å²) in [6.45, 7) is 0. The number of carbonyl (C=O) groups is 2. The van der Waals surface area contributed by atoms with Crippen molar-refractivity contribution in [3.05, 3.63) is 11.6 Å². The van der Waals surface area contributed by atoms with Gasteiger partial charge < -0.3 is 10.2 Å². The van der Waals surface area contributed by atoms with Crippen molar-refractivity contribution in [2.75, 3.05) is 0 Å². The van der Waals surface area contributed by atoms with Crippen LogP contribution in [0.2, 0.25) is 0 Å². The Hall–Kier alpha value is -1.32. The van der Waals surface area contributed by atoms with Crippen LogP contribution in [0.25, 0.3) is 0 Å². The van der Waals surface area contributed by atoms with Gasteiger partial charge in [0.15, 0.2) is 0 Å². The number of hydrogen-bond donors (Lipinski definition) is 2. The Bertz CT molecular complexity index is 409. The van der Waals surface area contributed by atoms with E-state index in [0.717, 1.165) is 11.8 Å². The highest BCUT2D eigenvalue weighted by Gasteiger charge is 2.49. The summed E-state index contributed by atoms with van der Waals surface area (Å²) in [5, 5.41) is 18.0. The standard InChI is InChI=1S/C15H20O4/c16-13(17)6-12(7-14(18)19)15-10-2-8-1-9(4-10)5-11(15)3-8/h6,8-11,15H,1-5,7H2,(H,16,17)(H,18,19)/b12-6+. The molecule has 19 heavy (non-hydrogen) atoms. The monoisotopic (exact) mass is 264 g/mol. The largest absolute Gasteiger partial charge is 0.481 e. The SMILES string of the molecule is O=C(O)/C=C(\CC(=O)O)C1C2CC3CC(C2)CC1C3. The lowest BCUT2D eigenvalue weighted by Gasteiger charge is -2.55. The molecule has 0 amide bonds. The molecule has 0 saturated heterocycles. The molecule has 4 bridgehead atoms. The average molecular weight is 264 g/mol. The molecule has 4 fully saturated rings. The average Bonchev–Trinajstić information content (AvgIpc) is 2.25. The van der Waals surface area contributed by atoms with E-state index < -0.39 is 11.9 Å². The molecule has 4 saturated carbocycles. The molecular formula is C15H20O4. The predicted molar refractivity (Wildman–Crippen MR) is 68.5 cm³/mol. The molecule has 104 valence electrons. The fourth-order valence-electron chi connectivity index (χ4n) is 5.13. The van der Waals surface area contributed by atoms with Crippen LogP contribution in [0, 0.1) is 29.6 Å². The van der Waals surface area contributed by atoms with Gasteiger partial charge in [0.2, 0.25) is 0 Å². The van der Waals surface area contributed by atoms with Gasteiger partial charge >= 0.3 is 11.9 Å². The second-order valence-electron chi connectivity index (χ2n) is 6.58. The van der Waals surface area contributed by atoms with Gasteiger partial charge in [0.05, 0.1) is 6.42 Å². The van der Waals surface area contributed by atoms with Gasteiger partial charge in [-0.3, -0.25) is 4.79 Å². The minimum absolute atomic E-state index is 0.112. The van der Waals surface area contributed by atoms with Gasteiger partial charge in [-0.2, -0.15) is 0 Å². The maximum absolute atomic E-state index is 11.0. The Morgan fingerprint density at radius 3 is 1.89 bits per heavy atom. The summed E-state index contributed by atoms with van der Waals surface area (Å²) in [6, 6.07) is 0. The summed E-state index contributed by atoms with van der Waals surface area (Å²) in [5.74, 6) is 0.970. The van der Waals surface area contributed by atoms with Crippen molar-refractivity contribution in [3.8, 4) is 0 Å². The van der Waals surface area contributed by atoms with E-state index in [9.17, 15) is 9.59 Å². The first-order valence-corrected chi connectivity index (χ1v) is 7.18. The zero-order valence-electron chi connectivity index (χ0n) is 10.9. The Kier molecular flexibility index (Phi) is 3.11. The quantitative estimate of drug-likeness (QED) is 0.765. The van der Waals surface area contributed by atoms with Crippen molar-refractivity contribution in [3.63, 3.8) is 0 Å². The van der Waals surface area contributed by atoms with Gasteiger partial charge in [-0.25, -0.2) is 4.79 Å². The van der Waals surface area contributed by atoms with Crippen LogP contribution in [-0.4, -0.2) is 22.2 Å². The van der Waals surface area contributed by atoms with E-state index in [2.05, 4.69) is 0 Å². The Morgan fingerprint density at radius 2 is 1.47 bits per heavy atom. The zero-order chi connectivity index (χ0) is 13.6. The van der Waals surface area contributed by atoms with Crippen LogP contribution in [-0.2, 0) is 9.59 Å². The van der Waals surface area contributed by atoms with Crippen molar-refractivity contribution in [2.45, 2.75) is 38.5 Å². The normalized spacial score (nSPS) is 40.4. The first-order chi connectivity index (χ1) is 9.02. The van der Waals surface area contributed by atoms with Crippen molar-refractivity contribution in [1.82, 2.24) is 0 Å². The lowest BCUT2D eigenvalue weighted by atomic mass is 9.50. The van der Waals surface area contributed by atoms with Gasteiger partial charge in [0, 0.05) is 6.08 Å². The molecule has 0 aromatic heterocycles. The second-order valence-corrected chi connectivity index (χ2v) is 6.58. The van der Waals surface area contributed by atoms with Crippen molar-refractivity contribution >= 4 is 11.9 Å². The molecule has 0 aromatic carbocycles. The minimum Gasteiger partial charge on any atom is -0.481 e. The van der Waals surface area contributed by atoms with Crippen molar-refractivity contribution < 1.29 is 19.8 Å². The highest BCUT2D eigenvalue weighted by atomic mass is 16.4. The Morgan fingerprint density at radius 1 is 0.947 bits per heavy atom. The van der Waals surface area contributed by atoms with Gasteiger partial charge in [-0.15, -0.1) is 0 Å². The van der Waals surface area contributed by atoms with Crippen LogP contribution in [0.1, 0.15) is 38.5 Å². The van der Waals surface area contributed by atoms with Gasteiger partial charge in [0.1, 0.15) is 0 Å². The summed E-state index contributed by atoms with van der Waals surface area (Å²) >= 11 is 0. The van der Waals surface area contributed by atoms with Crippen molar-refractivity contribution in [1.29, 1.82) is 0 Å². The van der Waals surface area contributed by atoms with Crippen LogP contribution in [0.5, 0.6) is 0 Å². The first kappa shape index (κ1) is 12.7. The van der Waals surface area contributed by atoms with Gasteiger partial charge in [-0.05, 0) is 67.3 Å². The lowest BCUT2D eigenvalue weighted by molar-refractivity contribution is -0.136. The molecule has 4 nitrogen and oxygen atoms in total. The molecular weight excluding hydrogens is 244 g/mol. The molecule has 0 unspecified atom stereocenters. The number of aliphatic carboxylic acids is 2. The molecule has 2 N–H and O–H groups in total. The smallest absolute Gasteiger partial charge is 0.328 e. The lowest BCUT2D eigenvalue weighted by Crippen LogP contribution is -2.46. The van der Waals surface area contributed by atoms with Crippen LogP contribution in [0.4, 0.5) is 0 Å². The molecule has 4 aliphatic rings. The third kappa shape index (κ3) is 2.40. The molecule has 0 spiro atoms. The van der Waals surface area contributed by atoms with E-state index in [-0.39, 0.29) is 12.3 Å². The summed E-state index contributed by atoms with van der Waals surface area (Å²) in [7, 11) is 0. The van der Waals surface area contributed by atoms with Crippen LogP contribution < -0.4 is 0 Å². The van der Waals surface area contributed by atoms with E-state index in [1.54, 1.807) is 0 Å².